The number of hydrogen-bond acceptors (Lipinski definition) is 5. The smallest absolute Gasteiger partial charge is 0.348 e. The van der Waals surface area contributed by atoms with E-state index in [1.807, 2.05) is 43.3 Å². The standard InChI is InChI=1S/C30H33F3N6/c1-3-18-39-27(25-14-17-35-29(37-25)36-20(2)21-8-5-4-6-9-21)26(38-28(39)22-12-15-34-16-13-22)23-10-7-11-24(19-23)30(31,32)33/h4-11,14,17,19-20,22,34H,3,12-13,15-16,18H2,1-2H3,(H,35,36,37)/t20-/m0/s1. The first kappa shape index (κ1) is 26.9. The van der Waals surface area contributed by atoms with Crippen LogP contribution < -0.4 is 10.6 Å². The zero-order valence-corrected chi connectivity index (χ0v) is 22.2. The minimum absolute atomic E-state index is 0.0322. The molecule has 2 aromatic heterocycles. The number of nitrogens with zero attached hydrogens (tertiary/aromatic N) is 4. The SMILES string of the molecule is CCCn1c(C2CCNCC2)nc(-c2cccc(C(F)(F)F)c2)c1-c1ccnc(N[C@@H](C)c2ccccc2)n1. The van der Waals surface area contributed by atoms with Crippen molar-refractivity contribution in [2.45, 2.75) is 57.8 Å². The third kappa shape index (κ3) is 5.98. The first-order chi connectivity index (χ1) is 18.8. The Morgan fingerprint density at radius 2 is 1.79 bits per heavy atom. The fourth-order valence-corrected chi connectivity index (χ4v) is 5.19. The van der Waals surface area contributed by atoms with Gasteiger partial charge < -0.3 is 15.2 Å². The highest BCUT2D eigenvalue weighted by atomic mass is 19.4. The molecule has 39 heavy (non-hydrogen) atoms. The van der Waals surface area contributed by atoms with Crippen molar-refractivity contribution >= 4 is 5.95 Å². The molecule has 0 unspecified atom stereocenters. The first-order valence-electron chi connectivity index (χ1n) is 13.5. The third-order valence-corrected chi connectivity index (χ3v) is 7.16. The van der Waals surface area contributed by atoms with Crippen molar-refractivity contribution in [2.24, 2.45) is 0 Å². The molecule has 0 radical (unpaired) electrons. The predicted octanol–water partition coefficient (Wildman–Crippen LogP) is 7.08. The van der Waals surface area contributed by atoms with Gasteiger partial charge in [-0.1, -0.05) is 49.4 Å². The zero-order valence-electron chi connectivity index (χ0n) is 22.2. The van der Waals surface area contributed by atoms with Gasteiger partial charge in [0, 0.05) is 24.2 Å². The molecule has 0 spiro atoms. The minimum Gasteiger partial charge on any atom is -0.348 e. The summed E-state index contributed by atoms with van der Waals surface area (Å²) >= 11 is 0. The lowest BCUT2D eigenvalue weighted by Crippen LogP contribution is -2.28. The number of nitrogens with one attached hydrogen (secondary N) is 2. The molecule has 0 bridgehead atoms. The van der Waals surface area contributed by atoms with Crippen LogP contribution in [0, 0.1) is 0 Å². The molecule has 0 aliphatic carbocycles. The highest BCUT2D eigenvalue weighted by Gasteiger charge is 2.32. The van der Waals surface area contributed by atoms with E-state index in [9.17, 15) is 13.2 Å². The summed E-state index contributed by atoms with van der Waals surface area (Å²) in [5, 5.41) is 6.76. The van der Waals surface area contributed by atoms with Crippen LogP contribution in [-0.4, -0.2) is 32.6 Å². The normalized spacial score (nSPS) is 15.3. The van der Waals surface area contributed by atoms with Gasteiger partial charge in [0.2, 0.25) is 5.95 Å². The van der Waals surface area contributed by atoms with Crippen LogP contribution in [0.5, 0.6) is 0 Å². The van der Waals surface area contributed by atoms with E-state index in [-0.39, 0.29) is 12.0 Å². The third-order valence-electron chi connectivity index (χ3n) is 7.16. The molecule has 3 heterocycles. The van der Waals surface area contributed by atoms with Crippen LogP contribution in [0.15, 0.2) is 66.9 Å². The van der Waals surface area contributed by atoms with Gasteiger partial charge in [0.1, 0.15) is 5.82 Å². The molecule has 9 heteroatoms. The number of rotatable bonds is 8. The average Bonchev–Trinajstić information content (AvgIpc) is 3.33. The summed E-state index contributed by atoms with van der Waals surface area (Å²) in [7, 11) is 0. The van der Waals surface area contributed by atoms with Crippen LogP contribution in [0.4, 0.5) is 19.1 Å². The van der Waals surface area contributed by atoms with Gasteiger partial charge in [-0.05, 0) is 63.0 Å². The van der Waals surface area contributed by atoms with E-state index < -0.39 is 11.7 Å². The topological polar surface area (TPSA) is 67.7 Å². The summed E-state index contributed by atoms with van der Waals surface area (Å²) in [6, 6.07) is 17.2. The number of anilines is 1. The molecule has 5 rings (SSSR count). The molecule has 1 fully saturated rings. The van der Waals surface area contributed by atoms with E-state index in [4.69, 9.17) is 9.97 Å². The molecule has 2 N–H and O–H groups in total. The number of benzene rings is 2. The molecular formula is C30H33F3N6. The van der Waals surface area contributed by atoms with Gasteiger partial charge in [-0.25, -0.2) is 15.0 Å². The Hall–Kier alpha value is -3.72. The highest BCUT2D eigenvalue weighted by molar-refractivity contribution is 5.78. The van der Waals surface area contributed by atoms with E-state index in [0.717, 1.165) is 55.5 Å². The van der Waals surface area contributed by atoms with E-state index in [1.54, 1.807) is 12.3 Å². The van der Waals surface area contributed by atoms with Gasteiger partial charge in [0.25, 0.3) is 0 Å². The highest BCUT2D eigenvalue weighted by Crippen LogP contribution is 2.39. The Labute approximate surface area is 226 Å². The number of alkyl halides is 3. The van der Waals surface area contributed by atoms with Gasteiger partial charge >= 0.3 is 6.18 Å². The second-order valence-electron chi connectivity index (χ2n) is 9.96. The molecular weight excluding hydrogens is 501 g/mol. The van der Waals surface area contributed by atoms with Crippen molar-refractivity contribution in [1.82, 2.24) is 24.8 Å². The fraction of sp³-hybridized carbons (Fsp3) is 0.367. The van der Waals surface area contributed by atoms with E-state index in [2.05, 4.69) is 27.1 Å². The van der Waals surface area contributed by atoms with Gasteiger partial charge in [-0.2, -0.15) is 13.2 Å². The molecule has 0 amide bonds. The maximum atomic E-state index is 13.7. The van der Waals surface area contributed by atoms with Crippen molar-refractivity contribution in [3.05, 3.63) is 83.8 Å². The van der Waals surface area contributed by atoms with Crippen molar-refractivity contribution < 1.29 is 13.2 Å². The van der Waals surface area contributed by atoms with Crippen molar-refractivity contribution in [3.63, 3.8) is 0 Å². The van der Waals surface area contributed by atoms with Gasteiger partial charge in [-0.3, -0.25) is 0 Å². The van der Waals surface area contributed by atoms with Crippen LogP contribution in [0.2, 0.25) is 0 Å². The molecule has 1 atom stereocenters. The lowest BCUT2D eigenvalue weighted by Gasteiger charge is -2.23. The van der Waals surface area contributed by atoms with Crippen LogP contribution in [0.1, 0.15) is 62.0 Å². The summed E-state index contributed by atoms with van der Waals surface area (Å²) in [5.41, 5.74) is 2.70. The largest absolute Gasteiger partial charge is 0.416 e. The predicted molar refractivity (Wildman–Crippen MR) is 147 cm³/mol. The van der Waals surface area contributed by atoms with Crippen molar-refractivity contribution in [2.75, 3.05) is 18.4 Å². The minimum atomic E-state index is -4.44. The summed E-state index contributed by atoms with van der Waals surface area (Å²) in [5.74, 6) is 1.58. The molecule has 1 saturated heterocycles. The molecule has 1 aliphatic rings. The molecule has 6 nitrogen and oxygen atoms in total. The Balaban J connectivity index is 1.63. The van der Waals surface area contributed by atoms with Gasteiger partial charge in [0.15, 0.2) is 0 Å². The van der Waals surface area contributed by atoms with Crippen LogP contribution in [0.3, 0.4) is 0 Å². The molecule has 2 aromatic carbocycles. The maximum Gasteiger partial charge on any atom is 0.416 e. The monoisotopic (exact) mass is 534 g/mol. The first-order valence-corrected chi connectivity index (χ1v) is 13.5. The Morgan fingerprint density at radius 3 is 2.51 bits per heavy atom. The van der Waals surface area contributed by atoms with Crippen LogP contribution in [-0.2, 0) is 12.7 Å². The number of piperidine rings is 1. The van der Waals surface area contributed by atoms with Gasteiger partial charge in [-0.15, -0.1) is 0 Å². The molecule has 4 aromatic rings. The average molecular weight is 535 g/mol. The van der Waals surface area contributed by atoms with Crippen LogP contribution in [0.25, 0.3) is 22.6 Å². The second-order valence-corrected chi connectivity index (χ2v) is 9.96. The zero-order chi connectivity index (χ0) is 27.4. The molecule has 1 aliphatic heterocycles. The number of aromatic nitrogens is 4. The van der Waals surface area contributed by atoms with Crippen molar-refractivity contribution in [1.29, 1.82) is 0 Å². The lowest BCUT2D eigenvalue weighted by atomic mass is 9.97. The van der Waals surface area contributed by atoms with E-state index in [1.165, 1.54) is 12.1 Å². The van der Waals surface area contributed by atoms with Crippen LogP contribution >= 0.6 is 0 Å². The summed E-state index contributed by atoms with van der Waals surface area (Å²) in [6.07, 6.45) is -0.0588. The second kappa shape index (κ2) is 11.6. The van der Waals surface area contributed by atoms with Gasteiger partial charge in [0.05, 0.1) is 28.7 Å². The summed E-state index contributed by atoms with van der Waals surface area (Å²) in [4.78, 5) is 14.3. The lowest BCUT2D eigenvalue weighted by molar-refractivity contribution is -0.137. The van der Waals surface area contributed by atoms with Crippen molar-refractivity contribution in [3.8, 4) is 22.6 Å². The Kier molecular flexibility index (Phi) is 7.97. The fourth-order valence-electron chi connectivity index (χ4n) is 5.19. The number of halogens is 3. The van der Waals surface area contributed by atoms with E-state index in [0.29, 0.717) is 29.4 Å². The molecule has 0 saturated carbocycles. The molecule has 204 valence electrons. The van der Waals surface area contributed by atoms with E-state index >= 15 is 0 Å². The summed E-state index contributed by atoms with van der Waals surface area (Å²) < 4.78 is 43.1. The maximum absolute atomic E-state index is 13.7. The Bertz CT molecular complexity index is 1390. The quantitative estimate of drug-likeness (QED) is 0.253. The Morgan fingerprint density at radius 1 is 1.03 bits per heavy atom. The number of hydrogen-bond donors (Lipinski definition) is 2. The number of imidazole rings is 1. The summed E-state index contributed by atoms with van der Waals surface area (Å²) in [6.45, 7) is 6.59.